The van der Waals surface area contributed by atoms with E-state index in [0.29, 0.717) is 11.8 Å². The Balaban J connectivity index is 3.33. The molecule has 0 bridgehead atoms. The summed E-state index contributed by atoms with van der Waals surface area (Å²) in [4.78, 5) is 0. The maximum atomic E-state index is 6.21. The Morgan fingerprint density at radius 1 is 1.22 bits per heavy atom. The SMILES string of the molecule is CC=Cc1c(C(C)CC(C)C)cc(N)c(C)c1N. The fourth-order valence-electron chi connectivity index (χ4n) is 2.46. The van der Waals surface area contributed by atoms with Crippen molar-refractivity contribution in [2.45, 2.75) is 47.0 Å². The Kier molecular flexibility index (Phi) is 4.83. The molecule has 0 aliphatic carbocycles. The average molecular weight is 246 g/mol. The minimum Gasteiger partial charge on any atom is -0.398 e. The van der Waals surface area contributed by atoms with Crippen LogP contribution in [-0.2, 0) is 0 Å². The number of nitrogens with two attached hydrogens (primary N) is 2. The molecule has 0 spiro atoms. The number of hydrogen-bond acceptors (Lipinski definition) is 2. The van der Waals surface area contributed by atoms with Crippen molar-refractivity contribution in [2.75, 3.05) is 11.5 Å². The molecule has 1 rings (SSSR count). The second-order valence-corrected chi connectivity index (χ2v) is 5.54. The van der Waals surface area contributed by atoms with Crippen LogP contribution in [0.25, 0.3) is 6.08 Å². The van der Waals surface area contributed by atoms with Crippen LogP contribution in [0.3, 0.4) is 0 Å². The maximum Gasteiger partial charge on any atom is 0.0440 e. The number of benzene rings is 1. The lowest BCUT2D eigenvalue weighted by Gasteiger charge is -2.20. The van der Waals surface area contributed by atoms with Gasteiger partial charge in [0.05, 0.1) is 0 Å². The van der Waals surface area contributed by atoms with Gasteiger partial charge in [-0.3, -0.25) is 0 Å². The summed E-state index contributed by atoms with van der Waals surface area (Å²) in [5, 5.41) is 0. The van der Waals surface area contributed by atoms with Crippen LogP contribution >= 0.6 is 0 Å². The zero-order valence-corrected chi connectivity index (χ0v) is 12.2. The van der Waals surface area contributed by atoms with Gasteiger partial charge in [0, 0.05) is 16.9 Å². The Morgan fingerprint density at radius 2 is 1.83 bits per heavy atom. The van der Waals surface area contributed by atoms with Crippen molar-refractivity contribution in [1.82, 2.24) is 0 Å². The van der Waals surface area contributed by atoms with E-state index in [1.807, 2.05) is 19.9 Å². The highest BCUT2D eigenvalue weighted by atomic mass is 14.6. The van der Waals surface area contributed by atoms with Gasteiger partial charge in [0.2, 0.25) is 0 Å². The minimum atomic E-state index is 0.474. The molecule has 1 aromatic carbocycles. The second kappa shape index (κ2) is 5.94. The third-order valence-corrected chi connectivity index (χ3v) is 3.44. The molecule has 100 valence electrons. The van der Waals surface area contributed by atoms with Crippen LogP contribution in [0.5, 0.6) is 0 Å². The first-order chi connectivity index (χ1) is 8.38. The van der Waals surface area contributed by atoms with Crippen molar-refractivity contribution >= 4 is 17.5 Å². The van der Waals surface area contributed by atoms with Crippen molar-refractivity contribution in [3.63, 3.8) is 0 Å². The fraction of sp³-hybridized carbons (Fsp3) is 0.500. The van der Waals surface area contributed by atoms with Crippen LogP contribution < -0.4 is 11.5 Å². The first kappa shape index (κ1) is 14.6. The van der Waals surface area contributed by atoms with E-state index in [1.54, 1.807) is 0 Å². The van der Waals surface area contributed by atoms with Crippen LogP contribution in [0, 0.1) is 12.8 Å². The average Bonchev–Trinajstić information content (AvgIpc) is 2.28. The fourth-order valence-corrected chi connectivity index (χ4v) is 2.46. The third-order valence-electron chi connectivity index (χ3n) is 3.44. The molecule has 0 heterocycles. The molecule has 0 aliphatic rings. The highest BCUT2D eigenvalue weighted by Crippen LogP contribution is 2.35. The largest absolute Gasteiger partial charge is 0.398 e. The number of allylic oxidation sites excluding steroid dienone is 1. The lowest BCUT2D eigenvalue weighted by molar-refractivity contribution is 0.523. The van der Waals surface area contributed by atoms with Crippen LogP contribution in [-0.4, -0.2) is 0 Å². The molecule has 0 aliphatic heterocycles. The number of rotatable bonds is 4. The number of anilines is 2. The molecule has 1 unspecified atom stereocenters. The van der Waals surface area contributed by atoms with E-state index in [9.17, 15) is 0 Å². The normalized spacial score (nSPS) is 13.4. The molecule has 0 saturated carbocycles. The first-order valence-corrected chi connectivity index (χ1v) is 6.69. The molecule has 1 aromatic rings. The zero-order valence-electron chi connectivity index (χ0n) is 12.2. The van der Waals surface area contributed by atoms with E-state index in [2.05, 4.69) is 32.9 Å². The highest BCUT2D eigenvalue weighted by Gasteiger charge is 2.16. The molecule has 0 fully saturated rings. The quantitative estimate of drug-likeness (QED) is 0.776. The summed E-state index contributed by atoms with van der Waals surface area (Å²) in [5.74, 6) is 1.14. The predicted molar refractivity (Wildman–Crippen MR) is 82.6 cm³/mol. The number of hydrogen-bond donors (Lipinski definition) is 2. The Labute approximate surface area is 111 Å². The van der Waals surface area contributed by atoms with Gasteiger partial charge < -0.3 is 11.5 Å². The highest BCUT2D eigenvalue weighted by molar-refractivity contribution is 5.76. The standard InChI is InChI=1S/C16H26N2/c1-6-7-13-14(11(4)8-10(2)3)9-15(17)12(5)16(13)18/h6-7,9-11H,8,17-18H2,1-5H3. The van der Waals surface area contributed by atoms with E-state index in [0.717, 1.165) is 28.9 Å². The molecule has 0 radical (unpaired) electrons. The van der Waals surface area contributed by atoms with Gasteiger partial charge in [0.15, 0.2) is 0 Å². The topological polar surface area (TPSA) is 52.0 Å². The van der Waals surface area contributed by atoms with E-state index in [4.69, 9.17) is 11.5 Å². The zero-order chi connectivity index (χ0) is 13.9. The number of nitrogen functional groups attached to an aromatic ring is 2. The molecular formula is C16H26N2. The van der Waals surface area contributed by atoms with Gasteiger partial charge in [0.1, 0.15) is 0 Å². The predicted octanol–water partition coefficient (Wildman–Crippen LogP) is 4.34. The van der Waals surface area contributed by atoms with E-state index < -0.39 is 0 Å². The summed E-state index contributed by atoms with van der Waals surface area (Å²) in [5.41, 5.74) is 17.3. The molecule has 1 atom stereocenters. The van der Waals surface area contributed by atoms with Crippen molar-refractivity contribution < 1.29 is 0 Å². The molecule has 4 N–H and O–H groups in total. The minimum absolute atomic E-state index is 0.474. The van der Waals surface area contributed by atoms with Crippen LogP contribution in [0.2, 0.25) is 0 Å². The van der Waals surface area contributed by atoms with Crippen LogP contribution in [0.4, 0.5) is 11.4 Å². The third kappa shape index (κ3) is 3.06. The molecule has 0 aromatic heterocycles. The molecule has 18 heavy (non-hydrogen) atoms. The molecule has 0 saturated heterocycles. The summed E-state index contributed by atoms with van der Waals surface area (Å²) in [7, 11) is 0. The van der Waals surface area contributed by atoms with E-state index in [-0.39, 0.29) is 0 Å². The molecule has 2 nitrogen and oxygen atoms in total. The smallest absolute Gasteiger partial charge is 0.0440 e. The Morgan fingerprint density at radius 3 is 2.33 bits per heavy atom. The van der Waals surface area contributed by atoms with Gasteiger partial charge >= 0.3 is 0 Å². The van der Waals surface area contributed by atoms with Crippen molar-refractivity contribution in [3.05, 3.63) is 28.8 Å². The lowest BCUT2D eigenvalue weighted by Crippen LogP contribution is -2.07. The van der Waals surface area contributed by atoms with Crippen molar-refractivity contribution in [1.29, 1.82) is 0 Å². The monoisotopic (exact) mass is 246 g/mol. The Hall–Kier alpha value is -1.44. The van der Waals surface area contributed by atoms with Crippen molar-refractivity contribution in [2.24, 2.45) is 5.92 Å². The Bertz CT molecular complexity index is 445. The van der Waals surface area contributed by atoms with Gasteiger partial charge in [-0.15, -0.1) is 0 Å². The summed E-state index contributed by atoms with van der Waals surface area (Å²) in [6, 6.07) is 2.09. The van der Waals surface area contributed by atoms with Gasteiger partial charge in [-0.2, -0.15) is 0 Å². The van der Waals surface area contributed by atoms with Crippen molar-refractivity contribution in [3.8, 4) is 0 Å². The molecule has 2 heteroatoms. The van der Waals surface area contributed by atoms with Gasteiger partial charge in [0.25, 0.3) is 0 Å². The summed E-state index contributed by atoms with van der Waals surface area (Å²) >= 11 is 0. The lowest BCUT2D eigenvalue weighted by atomic mass is 9.86. The second-order valence-electron chi connectivity index (χ2n) is 5.54. The first-order valence-electron chi connectivity index (χ1n) is 6.69. The van der Waals surface area contributed by atoms with Crippen LogP contribution in [0.15, 0.2) is 12.1 Å². The van der Waals surface area contributed by atoms with E-state index >= 15 is 0 Å². The molecule has 0 amide bonds. The van der Waals surface area contributed by atoms with E-state index in [1.165, 1.54) is 5.56 Å². The van der Waals surface area contributed by atoms with Gasteiger partial charge in [-0.05, 0) is 49.3 Å². The van der Waals surface area contributed by atoms with Gasteiger partial charge in [-0.25, -0.2) is 0 Å². The van der Waals surface area contributed by atoms with Crippen LogP contribution in [0.1, 0.15) is 56.7 Å². The summed E-state index contributed by atoms with van der Waals surface area (Å²) in [6.07, 6.45) is 5.27. The van der Waals surface area contributed by atoms with Gasteiger partial charge in [-0.1, -0.05) is 32.9 Å². The maximum absolute atomic E-state index is 6.21. The summed E-state index contributed by atoms with van der Waals surface area (Å²) in [6.45, 7) is 10.7. The summed E-state index contributed by atoms with van der Waals surface area (Å²) < 4.78 is 0. The molecular weight excluding hydrogens is 220 g/mol.